The normalized spacial score (nSPS) is 14.4. The topological polar surface area (TPSA) is 67.9 Å². The highest BCUT2D eigenvalue weighted by molar-refractivity contribution is 14.1. The Labute approximate surface area is 224 Å². The number of nitrogens with one attached hydrogen (secondary N) is 1. The van der Waals surface area contributed by atoms with Crippen molar-refractivity contribution in [2.75, 3.05) is 6.61 Å². The van der Waals surface area contributed by atoms with Crippen molar-refractivity contribution < 1.29 is 23.5 Å². The summed E-state index contributed by atoms with van der Waals surface area (Å²) in [7, 11) is 0. The molecule has 180 valence electrons. The Morgan fingerprint density at radius 1 is 1.06 bits per heavy atom. The lowest BCUT2D eigenvalue weighted by Crippen LogP contribution is -2.30. The SMILES string of the molecule is CCOc1cc(/C=C2/NC(=O)N(Cc3ccc(Br)cc3)C2=O)cc(I)c1OCc1cccc(F)c1. The van der Waals surface area contributed by atoms with Gasteiger partial charge in [-0.3, -0.25) is 9.69 Å². The molecule has 1 saturated heterocycles. The van der Waals surface area contributed by atoms with E-state index in [1.165, 1.54) is 17.0 Å². The van der Waals surface area contributed by atoms with E-state index in [-0.39, 0.29) is 24.7 Å². The molecule has 3 amide bonds. The largest absolute Gasteiger partial charge is 0.490 e. The van der Waals surface area contributed by atoms with Gasteiger partial charge in [-0.25, -0.2) is 9.18 Å². The number of hydrogen-bond acceptors (Lipinski definition) is 4. The van der Waals surface area contributed by atoms with E-state index in [9.17, 15) is 14.0 Å². The molecule has 3 aromatic carbocycles. The number of ether oxygens (including phenoxy) is 2. The first kappa shape index (κ1) is 25.2. The average molecular weight is 651 g/mol. The Balaban J connectivity index is 1.55. The molecular formula is C26H21BrFIN2O4. The minimum Gasteiger partial charge on any atom is -0.490 e. The van der Waals surface area contributed by atoms with Crippen LogP contribution in [-0.2, 0) is 17.9 Å². The van der Waals surface area contributed by atoms with Crippen LogP contribution < -0.4 is 14.8 Å². The summed E-state index contributed by atoms with van der Waals surface area (Å²) in [6.07, 6.45) is 1.61. The monoisotopic (exact) mass is 650 g/mol. The minimum absolute atomic E-state index is 0.171. The Morgan fingerprint density at radius 2 is 1.83 bits per heavy atom. The zero-order valence-corrected chi connectivity index (χ0v) is 22.4. The van der Waals surface area contributed by atoms with Crippen molar-refractivity contribution in [1.82, 2.24) is 10.2 Å². The Kier molecular flexibility index (Phi) is 8.07. The van der Waals surface area contributed by atoms with Crippen molar-refractivity contribution in [3.05, 3.63) is 96.9 Å². The number of rotatable bonds is 8. The molecule has 9 heteroatoms. The van der Waals surface area contributed by atoms with Gasteiger partial charge in [0.15, 0.2) is 11.5 Å². The predicted molar refractivity (Wildman–Crippen MR) is 142 cm³/mol. The van der Waals surface area contributed by atoms with E-state index in [1.807, 2.05) is 37.3 Å². The third-order valence-electron chi connectivity index (χ3n) is 5.13. The highest BCUT2D eigenvalue weighted by Crippen LogP contribution is 2.36. The van der Waals surface area contributed by atoms with Crippen molar-refractivity contribution in [2.24, 2.45) is 0 Å². The molecule has 0 spiro atoms. The van der Waals surface area contributed by atoms with E-state index < -0.39 is 11.9 Å². The van der Waals surface area contributed by atoms with Gasteiger partial charge in [-0.1, -0.05) is 40.2 Å². The maximum atomic E-state index is 13.5. The molecule has 1 aliphatic rings. The van der Waals surface area contributed by atoms with Gasteiger partial charge in [0.25, 0.3) is 5.91 Å². The van der Waals surface area contributed by atoms with Crippen LogP contribution in [0.1, 0.15) is 23.6 Å². The molecule has 3 aromatic rings. The maximum Gasteiger partial charge on any atom is 0.329 e. The maximum absolute atomic E-state index is 13.5. The fourth-order valence-electron chi connectivity index (χ4n) is 3.51. The van der Waals surface area contributed by atoms with Gasteiger partial charge in [0, 0.05) is 4.47 Å². The molecule has 0 unspecified atom stereocenters. The molecule has 4 rings (SSSR count). The highest BCUT2D eigenvalue weighted by atomic mass is 127. The molecule has 1 fully saturated rings. The molecule has 0 aliphatic carbocycles. The second-order valence-corrected chi connectivity index (χ2v) is 9.77. The van der Waals surface area contributed by atoms with E-state index >= 15 is 0 Å². The first-order valence-electron chi connectivity index (χ1n) is 10.8. The molecule has 0 radical (unpaired) electrons. The van der Waals surface area contributed by atoms with Crippen molar-refractivity contribution >= 4 is 56.5 Å². The van der Waals surface area contributed by atoms with Gasteiger partial charge in [-0.2, -0.15) is 0 Å². The number of carbonyl (C=O) groups is 2. The summed E-state index contributed by atoms with van der Waals surface area (Å²) in [6, 6.07) is 16.7. The number of urea groups is 1. The summed E-state index contributed by atoms with van der Waals surface area (Å²) >= 11 is 5.50. The first-order chi connectivity index (χ1) is 16.8. The van der Waals surface area contributed by atoms with Crippen LogP contribution in [0.4, 0.5) is 9.18 Å². The van der Waals surface area contributed by atoms with Crippen molar-refractivity contribution in [3.63, 3.8) is 0 Å². The summed E-state index contributed by atoms with van der Waals surface area (Å²) in [5.74, 6) is 0.284. The van der Waals surface area contributed by atoms with Gasteiger partial charge in [0.1, 0.15) is 18.1 Å². The molecule has 1 aliphatic heterocycles. The molecule has 35 heavy (non-hydrogen) atoms. The standard InChI is InChI=1S/C26H21BrFIN2O4/c1-2-34-23-13-18(11-21(29)24(23)35-15-17-4-3-5-20(28)10-17)12-22-25(32)31(26(33)30-22)14-16-6-8-19(27)9-7-16/h3-13H,2,14-15H2,1H3,(H,30,33)/b22-12+. The number of imide groups is 1. The summed E-state index contributed by atoms with van der Waals surface area (Å²) < 4.78 is 26.9. The van der Waals surface area contributed by atoms with Gasteiger partial charge < -0.3 is 14.8 Å². The summed E-state index contributed by atoms with van der Waals surface area (Å²) in [4.78, 5) is 26.5. The number of benzene rings is 3. The number of carbonyl (C=O) groups excluding carboxylic acids is 2. The molecule has 6 nitrogen and oxygen atoms in total. The number of amides is 3. The summed E-state index contributed by atoms with van der Waals surface area (Å²) in [5, 5.41) is 2.65. The zero-order chi connectivity index (χ0) is 24.9. The lowest BCUT2D eigenvalue weighted by Gasteiger charge is -2.15. The third kappa shape index (κ3) is 6.21. The van der Waals surface area contributed by atoms with Crippen LogP contribution >= 0.6 is 38.5 Å². The smallest absolute Gasteiger partial charge is 0.329 e. The second kappa shape index (κ2) is 11.2. The quantitative estimate of drug-likeness (QED) is 0.178. The first-order valence-corrected chi connectivity index (χ1v) is 12.6. The van der Waals surface area contributed by atoms with E-state index in [2.05, 4.69) is 43.8 Å². The van der Waals surface area contributed by atoms with Crippen molar-refractivity contribution in [3.8, 4) is 11.5 Å². The van der Waals surface area contributed by atoms with Gasteiger partial charge in [-0.15, -0.1) is 0 Å². The van der Waals surface area contributed by atoms with Gasteiger partial charge in [0.05, 0.1) is 16.7 Å². The highest BCUT2D eigenvalue weighted by Gasteiger charge is 2.33. The Hall–Kier alpha value is -2.92. The molecular weight excluding hydrogens is 630 g/mol. The molecule has 0 bridgehead atoms. The molecule has 0 atom stereocenters. The minimum atomic E-state index is -0.473. The van der Waals surface area contributed by atoms with Gasteiger partial charge in [0.2, 0.25) is 0 Å². The molecule has 1 N–H and O–H groups in total. The van der Waals surface area contributed by atoms with E-state index in [4.69, 9.17) is 9.47 Å². The van der Waals surface area contributed by atoms with Crippen LogP contribution in [0, 0.1) is 9.39 Å². The molecule has 0 saturated carbocycles. The number of halogens is 3. The van der Waals surface area contributed by atoms with E-state index in [0.717, 1.165) is 13.6 Å². The van der Waals surface area contributed by atoms with Crippen LogP contribution in [0.2, 0.25) is 0 Å². The van der Waals surface area contributed by atoms with E-state index in [0.29, 0.717) is 29.2 Å². The van der Waals surface area contributed by atoms with Crippen LogP contribution in [0.5, 0.6) is 11.5 Å². The predicted octanol–water partition coefficient (Wildman–Crippen LogP) is 6.26. The zero-order valence-electron chi connectivity index (χ0n) is 18.7. The van der Waals surface area contributed by atoms with Gasteiger partial charge >= 0.3 is 6.03 Å². The average Bonchev–Trinajstić information content (AvgIpc) is 3.07. The van der Waals surface area contributed by atoms with Crippen LogP contribution in [-0.4, -0.2) is 23.4 Å². The number of hydrogen-bond donors (Lipinski definition) is 1. The van der Waals surface area contributed by atoms with Gasteiger partial charge in [-0.05, 0) is 88.7 Å². The summed E-state index contributed by atoms with van der Waals surface area (Å²) in [5.41, 5.74) is 2.38. The summed E-state index contributed by atoms with van der Waals surface area (Å²) in [6.45, 7) is 2.61. The molecule has 1 heterocycles. The van der Waals surface area contributed by atoms with Crippen molar-refractivity contribution in [1.29, 1.82) is 0 Å². The van der Waals surface area contributed by atoms with E-state index in [1.54, 1.807) is 24.3 Å². The second-order valence-electron chi connectivity index (χ2n) is 7.69. The van der Waals surface area contributed by atoms with Crippen molar-refractivity contribution in [2.45, 2.75) is 20.1 Å². The van der Waals surface area contributed by atoms with Crippen LogP contribution in [0.3, 0.4) is 0 Å². The fraction of sp³-hybridized carbons (Fsp3) is 0.154. The molecule has 0 aromatic heterocycles. The van der Waals surface area contributed by atoms with Crippen LogP contribution in [0.15, 0.2) is 70.8 Å². The Morgan fingerprint density at radius 3 is 2.54 bits per heavy atom. The lowest BCUT2D eigenvalue weighted by atomic mass is 10.1. The third-order valence-corrected chi connectivity index (χ3v) is 6.46. The lowest BCUT2D eigenvalue weighted by molar-refractivity contribution is -0.123. The fourth-order valence-corrected chi connectivity index (χ4v) is 4.56. The van der Waals surface area contributed by atoms with Crippen LogP contribution in [0.25, 0.3) is 6.08 Å². The Bertz CT molecular complexity index is 1300. The number of nitrogens with zero attached hydrogens (tertiary/aromatic N) is 1.